The van der Waals surface area contributed by atoms with Crippen LogP contribution in [0.3, 0.4) is 0 Å². The molecule has 0 aliphatic carbocycles. The first-order chi connectivity index (χ1) is 8.11. The highest BCUT2D eigenvalue weighted by atomic mass is 16.7. The van der Waals surface area contributed by atoms with Gasteiger partial charge in [0.05, 0.1) is 0 Å². The van der Waals surface area contributed by atoms with Crippen molar-refractivity contribution in [3.05, 3.63) is 35.4 Å². The van der Waals surface area contributed by atoms with E-state index >= 15 is 0 Å². The van der Waals surface area contributed by atoms with Crippen molar-refractivity contribution in [3.8, 4) is 0 Å². The van der Waals surface area contributed by atoms with Crippen molar-refractivity contribution in [2.45, 2.75) is 19.0 Å². The van der Waals surface area contributed by atoms with Crippen molar-refractivity contribution < 1.29 is 18.9 Å². The standard InChI is InChI=1S/C13H20O4/c1-13(16-4,17-5)11-8-6-10(7-9-11)12(14-2)15-3/h6-9,12H,1-5H3. The van der Waals surface area contributed by atoms with Crippen LogP contribution in [0.1, 0.15) is 24.3 Å². The lowest BCUT2D eigenvalue weighted by Gasteiger charge is -2.27. The summed E-state index contributed by atoms with van der Waals surface area (Å²) in [6.45, 7) is 1.87. The minimum absolute atomic E-state index is 0.347. The lowest BCUT2D eigenvalue weighted by molar-refractivity contribution is -0.201. The molecular formula is C13H20O4. The average Bonchev–Trinajstić information content (AvgIpc) is 2.40. The molecule has 96 valence electrons. The van der Waals surface area contributed by atoms with Crippen LogP contribution in [0.15, 0.2) is 24.3 Å². The van der Waals surface area contributed by atoms with Gasteiger partial charge in [-0.2, -0.15) is 0 Å². The highest BCUT2D eigenvalue weighted by molar-refractivity contribution is 5.26. The van der Waals surface area contributed by atoms with Gasteiger partial charge in [-0.05, 0) is 6.92 Å². The smallest absolute Gasteiger partial charge is 0.191 e. The third kappa shape index (κ3) is 3.04. The average molecular weight is 240 g/mol. The minimum Gasteiger partial charge on any atom is -0.352 e. The van der Waals surface area contributed by atoms with Gasteiger partial charge in [-0.3, -0.25) is 0 Å². The largest absolute Gasteiger partial charge is 0.352 e. The molecule has 17 heavy (non-hydrogen) atoms. The molecule has 4 heteroatoms. The van der Waals surface area contributed by atoms with E-state index < -0.39 is 5.79 Å². The number of hydrogen-bond acceptors (Lipinski definition) is 4. The molecular weight excluding hydrogens is 220 g/mol. The van der Waals surface area contributed by atoms with Crippen molar-refractivity contribution in [1.29, 1.82) is 0 Å². The molecule has 0 aromatic heterocycles. The monoisotopic (exact) mass is 240 g/mol. The predicted molar refractivity (Wildman–Crippen MR) is 64.6 cm³/mol. The second-order valence-corrected chi connectivity index (χ2v) is 3.78. The molecule has 0 N–H and O–H groups in total. The van der Waals surface area contributed by atoms with Gasteiger partial charge in [0.25, 0.3) is 0 Å². The summed E-state index contributed by atoms with van der Waals surface area (Å²) < 4.78 is 21.0. The van der Waals surface area contributed by atoms with E-state index in [4.69, 9.17) is 18.9 Å². The third-order valence-electron chi connectivity index (χ3n) is 2.91. The van der Waals surface area contributed by atoms with Gasteiger partial charge in [0.15, 0.2) is 12.1 Å². The summed E-state index contributed by atoms with van der Waals surface area (Å²) in [7, 11) is 6.45. The summed E-state index contributed by atoms with van der Waals surface area (Å²) in [5, 5.41) is 0. The first-order valence-electron chi connectivity index (χ1n) is 5.37. The first kappa shape index (κ1) is 14.1. The van der Waals surface area contributed by atoms with Gasteiger partial charge in [0.1, 0.15) is 0 Å². The van der Waals surface area contributed by atoms with Crippen molar-refractivity contribution in [3.63, 3.8) is 0 Å². The number of ether oxygens (including phenoxy) is 4. The molecule has 0 amide bonds. The van der Waals surface area contributed by atoms with Gasteiger partial charge in [0, 0.05) is 39.6 Å². The van der Waals surface area contributed by atoms with Crippen LogP contribution >= 0.6 is 0 Å². The van der Waals surface area contributed by atoms with Crippen LogP contribution < -0.4 is 0 Å². The molecule has 1 aromatic rings. The van der Waals surface area contributed by atoms with Crippen LogP contribution in [0.5, 0.6) is 0 Å². The fourth-order valence-electron chi connectivity index (χ4n) is 1.63. The fourth-order valence-corrected chi connectivity index (χ4v) is 1.63. The molecule has 4 nitrogen and oxygen atoms in total. The predicted octanol–water partition coefficient (Wildman–Crippen LogP) is 2.44. The molecule has 0 heterocycles. The molecule has 1 aromatic carbocycles. The van der Waals surface area contributed by atoms with E-state index in [1.165, 1.54) is 0 Å². The van der Waals surface area contributed by atoms with Crippen LogP contribution in [0.2, 0.25) is 0 Å². The maximum absolute atomic E-state index is 5.34. The van der Waals surface area contributed by atoms with Crippen LogP contribution in [0.4, 0.5) is 0 Å². The van der Waals surface area contributed by atoms with Gasteiger partial charge < -0.3 is 18.9 Å². The number of rotatable bonds is 6. The van der Waals surface area contributed by atoms with Crippen molar-refractivity contribution in [2.75, 3.05) is 28.4 Å². The lowest BCUT2D eigenvalue weighted by atomic mass is 10.0. The zero-order valence-corrected chi connectivity index (χ0v) is 11.0. The SMILES string of the molecule is COC(OC)c1ccc(C(C)(OC)OC)cc1. The van der Waals surface area contributed by atoms with Crippen LogP contribution in [-0.4, -0.2) is 28.4 Å². The Hall–Kier alpha value is -0.940. The van der Waals surface area contributed by atoms with E-state index in [1.54, 1.807) is 28.4 Å². The molecule has 0 bridgehead atoms. The topological polar surface area (TPSA) is 36.9 Å². The zero-order valence-electron chi connectivity index (χ0n) is 11.0. The van der Waals surface area contributed by atoms with E-state index in [9.17, 15) is 0 Å². The lowest BCUT2D eigenvalue weighted by Crippen LogP contribution is -2.26. The van der Waals surface area contributed by atoms with Gasteiger partial charge in [-0.25, -0.2) is 0 Å². The van der Waals surface area contributed by atoms with Gasteiger partial charge in [-0.1, -0.05) is 24.3 Å². The Balaban J connectivity index is 2.94. The zero-order chi connectivity index (χ0) is 12.9. The molecule has 0 saturated carbocycles. The Labute approximate surface area is 102 Å². The summed E-state index contributed by atoms with van der Waals surface area (Å²) in [5.74, 6) is -0.728. The highest BCUT2D eigenvalue weighted by Gasteiger charge is 2.25. The maximum atomic E-state index is 5.34. The number of hydrogen-bond donors (Lipinski definition) is 0. The van der Waals surface area contributed by atoms with Gasteiger partial charge in [-0.15, -0.1) is 0 Å². The van der Waals surface area contributed by atoms with Crippen LogP contribution in [-0.2, 0) is 24.7 Å². The summed E-state index contributed by atoms with van der Waals surface area (Å²) in [6.07, 6.45) is -0.347. The second-order valence-electron chi connectivity index (χ2n) is 3.78. The Morgan fingerprint density at radius 3 is 1.71 bits per heavy atom. The van der Waals surface area contributed by atoms with Gasteiger partial charge >= 0.3 is 0 Å². The third-order valence-corrected chi connectivity index (χ3v) is 2.91. The Morgan fingerprint density at radius 1 is 0.882 bits per heavy atom. The quantitative estimate of drug-likeness (QED) is 0.716. The van der Waals surface area contributed by atoms with E-state index in [0.717, 1.165) is 11.1 Å². The van der Waals surface area contributed by atoms with Crippen molar-refractivity contribution in [2.24, 2.45) is 0 Å². The Kier molecular flexibility index (Phi) is 5.08. The molecule has 0 atom stereocenters. The summed E-state index contributed by atoms with van der Waals surface area (Å²) in [5.41, 5.74) is 1.89. The van der Waals surface area contributed by atoms with E-state index in [2.05, 4.69) is 0 Å². The van der Waals surface area contributed by atoms with E-state index in [0.29, 0.717) is 0 Å². The molecule has 0 saturated heterocycles. The van der Waals surface area contributed by atoms with Crippen molar-refractivity contribution in [1.82, 2.24) is 0 Å². The molecule has 0 fully saturated rings. The summed E-state index contributed by atoms with van der Waals surface area (Å²) >= 11 is 0. The second kappa shape index (κ2) is 6.12. The fraction of sp³-hybridized carbons (Fsp3) is 0.538. The van der Waals surface area contributed by atoms with Gasteiger partial charge in [0.2, 0.25) is 0 Å². The molecule has 0 spiro atoms. The molecule has 0 aliphatic heterocycles. The molecule has 1 rings (SSSR count). The normalized spacial score (nSPS) is 12.1. The Morgan fingerprint density at radius 2 is 1.35 bits per heavy atom. The minimum atomic E-state index is -0.728. The van der Waals surface area contributed by atoms with Crippen LogP contribution in [0, 0.1) is 0 Å². The highest BCUT2D eigenvalue weighted by Crippen LogP contribution is 2.27. The summed E-state index contributed by atoms with van der Waals surface area (Å²) in [6, 6.07) is 7.74. The molecule has 0 aliphatic rings. The summed E-state index contributed by atoms with van der Waals surface area (Å²) in [4.78, 5) is 0. The Bertz CT molecular complexity index is 326. The number of benzene rings is 1. The van der Waals surface area contributed by atoms with Crippen molar-refractivity contribution >= 4 is 0 Å². The first-order valence-corrected chi connectivity index (χ1v) is 5.37. The number of methoxy groups -OCH3 is 4. The molecule has 0 unspecified atom stereocenters. The maximum Gasteiger partial charge on any atom is 0.191 e. The molecule has 0 radical (unpaired) electrons. The van der Waals surface area contributed by atoms with E-state index in [-0.39, 0.29) is 6.29 Å². The van der Waals surface area contributed by atoms with E-state index in [1.807, 2.05) is 31.2 Å². The van der Waals surface area contributed by atoms with Crippen LogP contribution in [0.25, 0.3) is 0 Å².